The van der Waals surface area contributed by atoms with Gasteiger partial charge in [-0.1, -0.05) is 12.8 Å². The number of hydrogen-bond donors (Lipinski definition) is 1. The first-order valence-electron chi connectivity index (χ1n) is 7.87. The van der Waals surface area contributed by atoms with E-state index in [4.69, 9.17) is 0 Å². The van der Waals surface area contributed by atoms with Gasteiger partial charge in [0, 0.05) is 19.1 Å². The van der Waals surface area contributed by atoms with Crippen molar-refractivity contribution >= 4 is 5.91 Å². The Bertz CT molecular complexity index is 293. The normalized spacial score (nSPS) is 34.1. The second-order valence-electron chi connectivity index (χ2n) is 6.33. The minimum absolute atomic E-state index is 0.265. The summed E-state index contributed by atoms with van der Waals surface area (Å²) in [4.78, 5) is 14.9. The molecule has 18 heavy (non-hydrogen) atoms. The Morgan fingerprint density at radius 3 is 2.56 bits per heavy atom. The molecule has 2 heterocycles. The molecule has 1 N–H and O–H groups in total. The zero-order valence-corrected chi connectivity index (χ0v) is 11.4. The van der Waals surface area contributed by atoms with Crippen molar-refractivity contribution < 1.29 is 4.79 Å². The van der Waals surface area contributed by atoms with E-state index in [0.717, 1.165) is 32.0 Å². The molecule has 3 heteroatoms. The summed E-state index contributed by atoms with van der Waals surface area (Å²) < 4.78 is 0. The average Bonchev–Trinajstić information content (AvgIpc) is 3.09. The summed E-state index contributed by atoms with van der Waals surface area (Å²) in [6.07, 6.45) is 10.2. The lowest BCUT2D eigenvalue weighted by atomic mass is 9.93. The van der Waals surface area contributed by atoms with Crippen molar-refractivity contribution in [3.8, 4) is 0 Å². The van der Waals surface area contributed by atoms with E-state index in [-0.39, 0.29) is 5.92 Å². The van der Waals surface area contributed by atoms with E-state index < -0.39 is 0 Å². The molecule has 0 aromatic carbocycles. The van der Waals surface area contributed by atoms with Crippen LogP contribution in [0.25, 0.3) is 0 Å². The second-order valence-corrected chi connectivity index (χ2v) is 6.33. The lowest BCUT2D eigenvalue weighted by Crippen LogP contribution is -2.46. The topological polar surface area (TPSA) is 32.3 Å². The molecule has 3 rings (SSSR count). The monoisotopic (exact) mass is 250 g/mol. The summed E-state index contributed by atoms with van der Waals surface area (Å²) in [7, 11) is 0. The van der Waals surface area contributed by atoms with Gasteiger partial charge in [-0.25, -0.2) is 0 Å². The van der Waals surface area contributed by atoms with Crippen LogP contribution in [0.5, 0.6) is 0 Å². The molecule has 2 saturated heterocycles. The highest BCUT2D eigenvalue weighted by Crippen LogP contribution is 2.36. The van der Waals surface area contributed by atoms with E-state index in [0.29, 0.717) is 11.9 Å². The fourth-order valence-electron chi connectivity index (χ4n) is 4.20. The molecule has 2 aliphatic heterocycles. The Morgan fingerprint density at radius 1 is 1.00 bits per heavy atom. The van der Waals surface area contributed by atoms with Crippen LogP contribution in [-0.2, 0) is 4.79 Å². The number of piperidine rings is 1. The molecular formula is C15H26N2O. The first-order chi connectivity index (χ1) is 8.86. The molecule has 0 aromatic rings. The van der Waals surface area contributed by atoms with Gasteiger partial charge >= 0.3 is 0 Å². The zero-order valence-electron chi connectivity index (χ0n) is 11.4. The Morgan fingerprint density at radius 2 is 1.83 bits per heavy atom. The van der Waals surface area contributed by atoms with Crippen LogP contribution in [0.2, 0.25) is 0 Å². The summed E-state index contributed by atoms with van der Waals surface area (Å²) in [5.74, 6) is 1.53. The van der Waals surface area contributed by atoms with E-state index in [2.05, 4.69) is 10.2 Å². The average molecular weight is 250 g/mol. The molecule has 1 amide bonds. The highest BCUT2D eigenvalue weighted by atomic mass is 16.2. The van der Waals surface area contributed by atoms with Crippen LogP contribution < -0.4 is 5.32 Å². The number of rotatable bonds is 2. The molecule has 1 saturated carbocycles. The maximum Gasteiger partial charge on any atom is 0.227 e. The highest BCUT2D eigenvalue weighted by Gasteiger charge is 2.38. The number of hydrogen-bond acceptors (Lipinski definition) is 2. The maximum atomic E-state index is 12.7. The molecule has 0 aromatic heterocycles. The molecule has 0 radical (unpaired) electrons. The van der Waals surface area contributed by atoms with Gasteiger partial charge in [0.25, 0.3) is 0 Å². The van der Waals surface area contributed by atoms with Crippen molar-refractivity contribution in [3.63, 3.8) is 0 Å². The number of amides is 1. The third-order valence-corrected chi connectivity index (χ3v) is 5.17. The van der Waals surface area contributed by atoms with Crippen LogP contribution in [0.1, 0.15) is 51.4 Å². The molecule has 2 unspecified atom stereocenters. The molecule has 3 fully saturated rings. The van der Waals surface area contributed by atoms with Crippen molar-refractivity contribution in [2.75, 3.05) is 19.6 Å². The van der Waals surface area contributed by atoms with Crippen LogP contribution >= 0.6 is 0 Å². The number of likely N-dealkylation sites (tertiary alicyclic amines) is 1. The first kappa shape index (κ1) is 12.5. The molecule has 0 bridgehead atoms. The highest BCUT2D eigenvalue weighted by molar-refractivity contribution is 5.79. The number of carbonyl (C=O) groups is 1. The smallest absolute Gasteiger partial charge is 0.227 e. The van der Waals surface area contributed by atoms with E-state index in [1.807, 2.05) is 0 Å². The van der Waals surface area contributed by atoms with Gasteiger partial charge < -0.3 is 10.2 Å². The predicted molar refractivity (Wildman–Crippen MR) is 72.3 cm³/mol. The molecule has 1 aliphatic carbocycles. The van der Waals surface area contributed by atoms with Crippen molar-refractivity contribution in [2.45, 2.75) is 57.4 Å². The molecule has 0 spiro atoms. The van der Waals surface area contributed by atoms with Crippen LogP contribution in [-0.4, -0.2) is 36.5 Å². The Balaban J connectivity index is 1.63. The van der Waals surface area contributed by atoms with Gasteiger partial charge in [0.15, 0.2) is 0 Å². The van der Waals surface area contributed by atoms with E-state index in [1.54, 1.807) is 0 Å². The van der Waals surface area contributed by atoms with Crippen molar-refractivity contribution in [3.05, 3.63) is 0 Å². The largest absolute Gasteiger partial charge is 0.339 e. The third kappa shape index (κ3) is 2.42. The summed E-state index contributed by atoms with van der Waals surface area (Å²) in [6, 6.07) is 0.585. The van der Waals surface area contributed by atoms with Crippen LogP contribution in [0.3, 0.4) is 0 Å². The minimum Gasteiger partial charge on any atom is -0.339 e. The second kappa shape index (κ2) is 5.60. The number of nitrogens with zero attached hydrogens (tertiary/aromatic N) is 1. The van der Waals surface area contributed by atoms with Gasteiger partial charge in [-0.3, -0.25) is 4.79 Å². The van der Waals surface area contributed by atoms with E-state index >= 15 is 0 Å². The standard InChI is InChI=1S/C15H26N2O/c18-15(13-7-3-9-16-11-13)17-10-4-8-14(17)12-5-1-2-6-12/h12-14,16H,1-11H2. The van der Waals surface area contributed by atoms with Crippen molar-refractivity contribution in [2.24, 2.45) is 11.8 Å². The van der Waals surface area contributed by atoms with Crippen LogP contribution in [0.15, 0.2) is 0 Å². The summed E-state index contributed by atoms with van der Waals surface area (Å²) in [6.45, 7) is 3.03. The Labute approximate surface area is 110 Å². The minimum atomic E-state index is 0.265. The van der Waals surface area contributed by atoms with Gasteiger partial charge in [-0.2, -0.15) is 0 Å². The van der Waals surface area contributed by atoms with Crippen LogP contribution in [0.4, 0.5) is 0 Å². The Kier molecular flexibility index (Phi) is 3.88. The van der Waals surface area contributed by atoms with Crippen molar-refractivity contribution in [1.82, 2.24) is 10.2 Å². The SMILES string of the molecule is O=C(C1CCCNC1)N1CCCC1C1CCCC1. The summed E-state index contributed by atoms with van der Waals surface area (Å²) in [5, 5.41) is 3.38. The van der Waals surface area contributed by atoms with Crippen LogP contribution in [0, 0.1) is 11.8 Å². The van der Waals surface area contributed by atoms with E-state index in [1.165, 1.54) is 44.9 Å². The number of nitrogens with one attached hydrogen (secondary N) is 1. The summed E-state index contributed by atoms with van der Waals surface area (Å²) >= 11 is 0. The predicted octanol–water partition coefficient (Wildman–Crippen LogP) is 2.17. The maximum absolute atomic E-state index is 12.7. The third-order valence-electron chi connectivity index (χ3n) is 5.17. The lowest BCUT2D eigenvalue weighted by Gasteiger charge is -2.33. The molecule has 3 nitrogen and oxygen atoms in total. The van der Waals surface area contributed by atoms with Crippen molar-refractivity contribution in [1.29, 1.82) is 0 Å². The van der Waals surface area contributed by atoms with Gasteiger partial charge in [0.05, 0.1) is 5.92 Å². The van der Waals surface area contributed by atoms with Gasteiger partial charge in [-0.05, 0) is 51.0 Å². The molecule has 102 valence electrons. The van der Waals surface area contributed by atoms with Gasteiger partial charge in [0.1, 0.15) is 0 Å². The van der Waals surface area contributed by atoms with Gasteiger partial charge in [-0.15, -0.1) is 0 Å². The quantitative estimate of drug-likeness (QED) is 0.814. The molecular weight excluding hydrogens is 224 g/mol. The lowest BCUT2D eigenvalue weighted by molar-refractivity contribution is -0.137. The Hall–Kier alpha value is -0.570. The number of carbonyl (C=O) groups excluding carboxylic acids is 1. The fourth-order valence-corrected chi connectivity index (χ4v) is 4.20. The van der Waals surface area contributed by atoms with E-state index in [9.17, 15) is 4.79 Å². The van der Waals surface area contributed by atoms with Gasteiger partial charge in [0.2, 0.25) is 5.91 Å². The first-order valence-corrected chi connectivity index (χ1v) is 7.87. The molecule has 3 aliphatic rings. The zero-order chi connectivity index (χ0) is 12.4. The fraction of sp³-hybridized carbons (Fsp3) is 0.933. The summed E-state index contributed by atoms with van der Waals surface area (Å²) in [5.41, 5.74) is 0. The molecule has 2 atom stereocenters.